The number of hydrogen-bond donors (Lipinski definition) is 0. The third kappa shape index (κ3) is 4.36. The summed E-state index contributed by atoms with van der Waals surface area (Å²) >= 11 is 0. The molecule has 0 bridgehead atoms. The van der Waals surface area contributed by atoms with Crippen molar-refractivity contribution in [1.82, 2.24) is 4.90 Å². The molecule has 0 spiro atoms. The zero-order valence-electron chi connectivity index (χ0n) is 15.9. The average Bonchev–Trinajstić information content (AvgIpc) is 3.40. The number of hydrogen-bond acceptors (Lipinski definition) is 6. The highest BCUT2D eigenvalue weighted by Gasteiger charge is 2.26. The van der Waals surface area contributed by atoms with Crippen molar-refractivity contribution in [2.24, 2.45) is 0 Å². The van der Waals surface area contributed by atoms with Crippen molar-refractivity contribution in [3.8, 4) is 17.2 Å². The Hall–Kier alpha value is -2.67. The summed E-state index contributed by atoms with van der Waals surface area (Å²) in [5.74, 6) is 1.75. The molecule has 1 saturated heterocycles. The largest absolute Gasteiger partial charge is 0.493 e. The molecule has 27 heavy (non-hydrogen) atoms. The summed E-state index contributed by atoms with van der Waals surface area (Å²) in [6.45, 7) is 1.60. The molecule has 0 N–H and O–H groups in total. The minimum atomic E-state index is -0.177. The number of carbonyl (C=O) groups is 1. The summed E-state index contributed by atoms with van der Waals surface area (Å²) in [6, 6.07) is 7.06. The first kappa shape index (κ1) is 19.1. The maximum Gasteiger partial charge on any atom is 0.289 e. The maximum atomic E-state index is 12.9. The van der Waals surface area contributed by atoms with E-state index in [1.54, 1.807) is 38.4 Å². The topological polar surface area (TPSA) is 70.4 Å². The van der Waals surface area contributed by atoms with Crippen molar-refractivity contribution in [2.45, 2.75) is 25.5 Å². The van der Waals surface area contributed by atoms with E-state index in [9.17, 15) is 4.79 Å². The molecule has 146 valence electrons. The lowest BCUT2D eigenvalue weighted by Gasteiger charge is -2.25. The van der Waals surface area contributed by atoms with E-state index in [0.29, 0.717) is 36.1 Å². The quantitative estimate of drug-likeness (QED) is 0.706. The fourth-order valence-electron chi connectivity index (χ4n) is 3.26. The molecule has 1 aliphatic heterocycles. The van der Waals surface area contributed by atoms with Gasteiger partial charge >= 0.3 is 0 Å². The van der Waals surface area contributed by atoms with Crippen LogP contribution in [-0.2, 0) is 11.3 Å². The van der Waals surface area contributed by atoms with Crippen molar-refractivity contribution in [3.05, 3.63) is 41.9 Å². The molecule has 3 rings (SSSR count). The van der Waals surface area contributed by atoms with Gasteiger partial charge in [-0.15, -0.1) is 0 Å². The zero-order chi connectivity index (χ0) is 19.2. The molecule has 2 aromatic rings. The van der Waals surface area contributed by atoms with Gasteiger partial charge in [-0.1, -0.05) is 0 Å². The van der Waals surface area contributed by atoms with Crippen molar-refractivity contribution in [3.63, 3.8) is 0 Å². The van der Waals surface area contributed by atoms with Crippen LogP contribution in [0.3, 0.4) is 0 Å². The van der Waals surface area contributed by atoms with E-state index in [1.165, 1.54) is 6.26 Å². The maximum absolute atomic E-state index is 12.9. The van der Waals surface area contributed by atoms with Crippen LogP contribution in [0.5, 0.6) is 17.2 Å². The first-order chi connectivity index (χ1) is 13.2. The second-order valence-corrected chi connectivity index (χ2v) is 6.33. The molecular weight excluding hydrogens is 350 g/mol. The van der Waals surface area contributed by atoms with E-state index < -0.39 is 0 Å². The molecule has 0 aliphatic carbocycles. The number of rotatable bonds is 8. The van der Waals surface area contributed by atoms with Crippen LogP contribution in [0.2, 0.25) is 0 Å². The number of amides is 1. The number of ether oxygens (including phenoxy) is 4. The molecule has 1 aromatic carbocycles. The third-order valence-electron chi connectivity index (χ3n) is 4.57. The van der Waals surface area contributed by atoms with E-state index in [2.05, 4.69) is 0 Å². The highest BCUT2D eigenvalue weighted by molar-refractivity contribution is 5.91. The minimum absolute atomic E-state index is 0.0333. The fourth-order valence-corrected chi connectivity index (χ4v) is 3.26. The molecule has 0 saturated carbocycles. The average molecular weight is 375 g/mol. The molecule has 1 fully saturated rings. The molecule has 0 unspecified atom stereocenters. The summed E-state index contributed by atoms with van der Waals surface area (Å²) < 4.78 is 27.2. The van der Waals surface area contributed by atoms with Crippen molar-refractivity contribution in [1.29, 1.82) is 0 Å². The lowest BCUT2D eigenvalue weighted by Crippen LogP contribution is -2.36. The van der Waals surface area contributed by atoms with Gasteiger partial charge in [0.25, 0.3) is 5.91 Å². The van der Waals surface area contributed by atoms with Crippen LogP contribution in [0, 0.1) is 0 Å². The number of methoxy groups -OCH3 is 3. The van der Waals surface area contributed by atoms with Crippen LogP contribution < -0.4 is 14.2 Å². The van der Waals surface area contributed by atoms with E-state index >= 15 is 0 Å². The summed E-state index contributed by atoms with van der Waals surface area (Å²) in [5, 5.41) is 0. The molecule has 1 aliphatic rings. The highest BCUT2D eigenvalue weighted by Crippen LogP contribution is 2.38. The minimum Gasteiger partial charge on any atom is -0.493 e. The van der Waals surface area contributed by atoms with Gasteiger partial charge in [-0.25, -0.2) is 0 Å². The van der Waals surface area contributed by atoms with Gasteiger partial charge in [0.1, 0.15) is 0 Å². The van der Waals surface area contributed by atoms with Crippen LogP contribution in [0.4, 0.5) is 0 Å². The molecule has 2 heterocycles. The van der Waals surface area contributed by atoms with Crippen molar-refractivity contribution in [2.75, 3.05) is 34.5 Å². The van der Waals surface area contributed by atoms with E-state index in [1.807, 2.05) is 12.1 Å². The molecule has 0 radical (unpaired) electrons. The van der Waals surface area contributed by atoms with Gasteiger partial charge in [0.2, 0.25) is 5.75 Å². The Kier molecular flexibility index (Phi) is 6.24. The van der Waals surface area contributed by atoms with Gasteiger partial charge in [-0.3, -0.25) is 4.79 Å². The molecule has 7 nitrogen and oxygen atoms in total. The molecule has 1 aromatic heterocycles. The van der Waals surface area contributed by atoms with Crippen LogP contribution in [-0.4, -0.2) is 51.4 Å². The van der Waals surface area contributed by atoms with Gasteiger partial charge in [0, 0.05) is 19.7 Å². The molecular formula is C20H25NO6. The Morgan fingerprint density at radius 2 is 1.93 bits per heavy atom. The van der Waals surface area contributed by atoms with Gasteiger partial charge in [-0.2, -0.15) is 0 Å². The van der Waals surface area contributed by atoms with E-state index in [4.69, 9.17) is 23.4 Å². The van der Waals surface area contributed by atoms with Gasteiger partial charge in [-0.05, 0) is 42.7 Å². The first-order valence-electron chi connectivity index (χ1n) is 8.89. The predicted molar refractivity (Wildman–Crippen MR) is 98.5 cm³/mol. The van der Waals surface area contributed by atoms with Gasteiger partial charge in [0.15, 0.2) is 17.3 Å². The highest BCUT2D eigenvalue weighted by atomic mass is 16.5. The molecule has 1 atom stereocenters. The summed E-state index contributed by atoms with van der Waals surface area (Å²) in [7, 11) is 4.70. The standard InChI is InChI=1S/C20H25NO6/c1-23-17-10-14(11-18(24-2)19(17)25-3)12-21(13-15-6-4-8-26-15)20(22)16-7-5-9-27-16/h5,7,9-11,15H,4,6,8,12-13H2,1-3H3/t15-/m0/s1. The third-order valence-corrected chi connectivity index (χ3v) is 4.57. The van der Waals surface area contributed by atoms with Crippen LogP contribution in [0.25, 0.3) is 0 Å². The second kappa shape index (κ2) is 8.81. The SMILES string of the molecule is COc1cc(CN(C[C@@H]2CCCO2)C(=O)c2ccco2)cc(OC)c1OC. The van der Waals surface area contributed by atoms with Crippen molar-refractivity contribution < 1.29 is 28.2 Å². The summed E-state index contributed by atoms with van der Waals surface area (Å²) in [6.07, 6.45) is 3.48. The Labute approximate surface area is 158 Å². The molecule has 1 amide bonds. The second-order valence-electron chi connectivity index (χ2n) is 6.33. The van der Waals surface area contributed by atoms with E-state index in [-0.39, 0.29) is 12.0 Å². The van der Waals surface area contributed by atoms with Crippen LogP contribution in [0.1, 0.15) is 29.0 Å². The summed E-state index contributed by atoms with van der Waals surface area (Å²) in [5.41, 5.74) is 0.863. The lowest BCUT2D eigenvalue weighted by atomic mass is 10.1. The van der Waals surface area contributed by atoms with Crippen LogP contribution in [0.15, 0.2) is 34.9 Å². The van der Waals surface area contributed by atoms with E-state index in [0.717, 1.165) is 25.0 Å². The van der Waals surface area contributed by atoms with Crippen LogP contribution >= 0.6 is 0 Å². The van der Waals surface area contributed by atoms with Gasteiger partial charge < -0.3 is 28.3 Å². The Morgan fingerprint density at radius 3 is 2.44 bits per heavy atom. The molecule has 7 heteroatoms. The number of furan rings is 1. The zero-order valence-corrected chi connectivity index (χ0v) is 15.9. The van der Waals surface area contributed by atoms with Crippen molar-refractivity contribution >= 4 is 5.91 Å². The Balaban J connectivity index is 1.87. The fraction of sp³-hybridized carbons (Fsp3) is 0.450. The summed E-state index contributed by atoms with van der Waals surface area (Å²) in [4.78, 5) is 14.7. The smallest absolute Gasteiger partial charge is 0.289 e. The first-order valence-corrected chi connectivity index (χ1v) is 8.89. The number of nitrogens with zero attached hydrogens (tertiary/aromatic N) is 1. The lowest BCUT2D eigenvalue weighted by molar-refractivity contribution is 0.0483. The number of benzene rings is 1. The normalized spacial score (nSPS) is 16.2. The number of carbonyl (C=O) groups excluding carboxylic acids is 1. The monoisotopic (exact) mass is 375 g/mol. The Bertz CT molecular complexity index is 727. The predicted octanol–water partition coefficient (Wildman–Crippen LogP) is 3.13. The Morgan fingerprint density at radius 1 is 1.19 bits per heavy atom. The van der Waals surface area contributed by atoms with Gasteiger partial charge in [0.05, 0.1) is 33.7 Å².